The largest absolute Gasteiger partial charge is 0.496 e. The molecule has 1 N–H and O–H groups in total. The number of carbonyl (C=O) groups is 1. The molecule has 0 aliphatic heterocycles. The third kappa shape index (κ3) is 3.72. The SMILES string of the molecule is COc1ccccc1[C@@H](C)NC(=O)c1ccc(-c2ccncc2)c(F)c1. The van der Waals surface area contributed by atoms with Crippen molar-refractivity contribution >= 4 is 5.91 Å². The van der Waals surface area contributed by atoms with Crippen LogP contribution in [-0.2, 0) is 0 Å². The zero-order valence-electron chi connectivity index (χ0n) is 14.6. The highest BCUT2D eigenvalue weighted by molar-refractivity contribution is 5.95. The molecule has 1 aromatic heterocycles. The minimum atomic E-state index is -0.450. The molecule has 26 heavy (non-hydrogen) atoms. The van der Waals surface area contributed by atoms with E-state index in [1.807, 2.05) is 31.2 Å². The van der Waals surface area contributed by atoms with Crippen LogP contribution in [-0.4, -0.2) is 18.0 Å². The van der Waals surface area contributed by atoms with Crippen molar-refractivity contribution < 1.29 is 13.9 Å². The number of rotatable bonds is 5. The van der Waals surface area contributed by atoms with Crippen molar-refractivity contribution in [2.24, 2.45) is 0 Å². The molecule has 0 aliphatic carbocycles. The lowest BCUT2D eigenvalue weighted by Gasteiger charge is -2.17. The normalized spacial score (nSPS) is 11.7. The van der Waals surface area contributed by atoms with E-state index < -0.39 is 5.82 Å². The molecule has 0 fully saturated rings. The van der Waals surface area contributed by atoms with Crippen LogP contribution in [0.15, 0.2) is 67.0 Å². The molecular formula is C21H19FN2O2. The first-order valence-corrected chi connectivity index (χ1v) is 8.24. The van der Waals surface area contributed by atoms with Gasteiger partial charge in [-0.3, -0.25) is 9.78 Å². The number of ether oxygens (including phenoxy) is 1. The van der Waals surface area contributed by atoms with E-state index in [-0.39, 0.29) is 17.5 Å². The molecule has 4 nitrogen and oxygen atoms in total. The van der Waals surface area contributed by atoms with E-state index in [1.54, 1.807) is 43.8 Å². The van der Waals surface area contributed by atoms with Crippen LogP contribution < -0.4 is 10.1 Å². The number of amides is 1. The smallest absolute Gasteiger partial charge is 0.251 e. The van der Waals surface area contributed by atoms with Crippen molar-refractivity contribution in [2.45, 2.75) is 13.0 Å². The Bertz CT molecular complexity index is 913. The van der Waals surface area contributed by atoms with Crippen molar-refractivity contribution in [1.82, 2.24) is 10.3 Å². The number of nitrogens with zero attached hydrogens (tertiary/aromatic N) is 1. The lowest BCUT2D eigenvalue weighted by molar-refractivity contribution is 0.0939. The Labute approximate surface area is 151 Å². The number of para-hydroxylation sites is 1. The summed E-state index contributed by atoms with van der Waals surface area (Å²) in [6, 6.07) is 15.1. The molecule has 1 atom stereocenters. The molecule has 1 amide bonds. The number of halogens is 1. The fourth-order valence-electron chi connectivity index (χ4n) is 2.80. The van der Waals surface area contributed by atoms with Gasteiger partial charge in [-0.1, -0.05) is 24.3 Å². The van der Waals surface area contributed by atoms with Crippen molar-refractivity contribution in [1.29, 1.82) is 0 Å². The first-order valence-electron chi connectivity index (χ1n) is 8.24. The fourth-order valence-corrected chi connectivity index (χ4v) is 2.80. The maximum Gasteiger partial charge on any atom is 0.251 e. The Kier molecular flexibility index (Phi) is 5.27. The molecule has 132 valence electrons. The minimum absolute atomic E-state index is 0.266. The van der Waals surface area contributed by atoms with Crippen LogP contribution in [0.5, 0.6) is 5.75 Å². The number of methoxy groups -OCH3 is 1. The van der Waals surface area contributed by atoms with Crippen molar-refractivity contribution in [3.8, 4) is 16.9 Å². The highest BCUT2D eigenvalue weighted by Crippen LogP contribution is 2.26. The minimum Gasteiger partial charge on any atom is -0.496 e. The monoisotopic (exact) mass is 350 g/mol. The van der Waals surface area contributed by atoms with Crippen LogP contribution in [0.3, 0.4) is 0 Å². The molecule has 0 saturated heterocycles. The number of aromatic nitrogens is 1. The van der Waals surface area contributed by atoms with Gasteiger partial charge in [-0.2, -0.15) is 0 Å². The fraction of sp³-hybridized carbons (Fsp3) is 0.143. The van der Waals surface area contributed by atoms with Gasteiger partial charge in [-0.25, -0.2) is 4.39 Å². The number of hydrogen-bond acceptors (Lipinski definition) is 3. The third-order valence-electron chi connectivity index (χ3n) is 4.18. The second-order valence-corrected chi connectivity index (χ2v) is 5.87. The molecule has 1 heterocycles. The van der Waals surface area contributed by atoms with Crippen molar-refractivity contribution in [2.75, 3.05) is 7.11 Å². The highest BCUT2D eigenvalue weighted by Gasteiger charge is 2.16. The van der Waals surface area contributed by atoms with Gasteiger partial charge in [0.1, 0.15) is 11.6 Å². The maximum absolute atomic E-state index is 14.5. The first-order chi connectivity index (χ1) is 12.6. The summed E-state index contributed by atoms with van der Waals surface area (Å²) >= 11 is 0. The molecule has 2 aromatic carbocycles. The van der Waals surface area contributed by atoms with Gasteiger partial charge in [0.2, 0.25) is 0 Å². The van der Waals surface area contributed by atoms with Gasteiger partial charge in [0.05, 0.1) is 13.2 Å². The summed E-state index contributed by atoms with van der Waals surface area (Å²) < 4.78 is 19.8. The Morgan fingerprint density at radius 3 is 2.54 bits per heavy atom. The van der Waals surface area contributed by atoms with E-state index in [0.717, 1.165) is 5.56 Å². The highest BCUT2D eigenvalue weighted by atomic mass is 19.1. The number of hydrogen-bond donors (Lipinski definition) is 1. The van der Waals surface area contributed by atoms with E-state index in [0.29, 0.717) is 16.9 Å². The predicted octanol–water partition coefficient (Wildman–Crippen LogP) is 4.39. The van der Waals surface area contributed by atoms with Crippen LogP contribution in [0.4, 0.5) is 4.39 Å². The molecular weight excluding hydrogens is 331 g/mol. The van der Waals surface area contributed by atoms with Gasteiger partial charge in [0.15, 0.2) is 0 Å². The Morgan fingerprint density at radius 2 is 1.85 bits per heavy atom. The Balaban J connectivity index is 1.79. The number of benzene rings is 2. The molecule has 0 spiro atoms. The summed E-state index contributed by atoms with van der Waals surface area (Å²) in [5, 5.41) is 2.88. The van der Waals surface area contributed by atoms with Gasteiger partial charge >= 0.3 is 0 Å². The van der Waals surface area contributed by atoms with Gasteiger partial charge in [-0.05, 0) is 42.8 Å². The third-order valence-corrected chi connectivity index (χ3v) is 4.18. The Hall–Kier alpha value is -3.21. The van der Waals surface area contributed by atoms with Gasteiger partial charge in [0.25, 0.3) is 5.91 Å². The summed E-state index contributed by atoms with van der Waals surface area (Å²) in [5.74, 6) is -0.100. The lowest BCUT2D eigenvalue weighted by Crippen LogP contribution is -2.27. The number of carbonyl (C=O) groups excluding carboxylic acids is 1. The molecule has 3 aromatic rings. The lowest BCUT2D eigenvalue weighted by atomic mass is 10.0. The summed E-state index contributed by atoms with van der Waals surface area (Å²) in [7, 11) is 1.58. The molecule has 5 heteroatoms. The molecule has 0 bridgehead atoms. The number of pyridine rings is 1. The van der Waals surface area contributed by atoms with Crippen LogP contribution in [0.2, 0.25) is 0 Å². The quantitative estimate of drug-likeness (QED) is 0.743. The molecule has 3 rings (SSSR count). The maximum atomic E-state index is 14.5. The van der Waals surface area contributed by atoms with Gasteiger partial charge < -0.3 is 10.1 Å². The van der Waals surface area contributed by atoms with Crippen molar-refractivity contribution in [3.05, 3.63) is 83.9 Å². The van der Waals surface area contributed by atoms with E-state index in [2.05, 4.69) is 10.3 Å². The first kappa shape index (κ1) is 17.6. The summed E-state index contributed by atoms with van der Waals surface area (Å²) in [5.41, 5.74) is 2.27. The van der Waals surface area contributed by atoms with Crippen LogP contribution in [0.1, 0.15) is 28.9 Å². The van der Waals surface area contributed by atoms with Gasteiger partial charge in [-0.15, -0.1) is 0 Å². The topological polar surface area (TPSA) is 51.2 Å². The van der Waals surface area contributed by atoms with E-state index >= 15 is 0 Å². The second kappa shape index (κ2) is 7.78. The van der Waals surface area contributed by atoms with Crippen molar-refractivity contribution in [3.63, 3.8) is 0 Å². The summed E-state index contributed by atoms with van der Waals surface area (Å²) in [4.78, 5) is 16.4. The van der Waals surface area contributed by atoms with Crippen LogP contribution in [0, 0.1) is 5.82 Å². The molecule has 0 aliphatic rings. The van der Waals surface area contributed by atoms with E-state index in [1.165, 1.54) is 6.07 Å². The van der Waals surface area contributed by atoms with Gasteiger partial charge in [0, 0.05) is 29.1 Å². The standard InChI is InChI=1S/C21H19FN2O2/c1-14(17-5-3-4-6-20(17)26-2)24-21(25)16-7-8-18(19(22)13-16)15-9-11-23-12-10-15/h3-14H,1-2H3,(H,24,25)/t14-/m1/s1. The Morgan fingerprint density at radius 1 is 1.12 bits per heavy atom. The van der Waals surface area contributed by atoms with Crippen LogP contribution in [0.25, 0.3) is 11.1 Å². The average molecular weight is 350 g/mol. The zero-order chi connectivity index (χ0) is 18.5. The van der Waals surface area contributed by atoms with E-state index in [4.69, 9.17) is 4.74 Å². The molecule has 0 saturated carbocycles. The molecule has 0 radical (unpaired) electrons. The van der Waals surface area contributed by atoms with Crippen LogP contribution >= 0.6 is 0 Å². The van der Waals surface area contributed by atoms with E-state index in [9.17, 15) is 9.18 Å². The predicted molar refractivity (Wildman–Crippen MR) is 98.5 cm³/mol. The summed E-state index contributed by atoms with van der Waals surface area (Å²) in [6.45, 7) is 1.86. The zero-order valence-corrected chi connectivity index (χ0v) is 14.6. The second-order valence-electron chi connectivity index (χ2n) is 5.87. The average Bonchev–Trinajstić information content (AvgIpc) is 2.68. The summed E-state index contributed by atoms with van der Waals surface area (Å²) in [6.07, 6.45) is 3.20. The molecule has 0 unspecified atom stereocenters. The number of nitrogens with one attached hydrogen (secondary N) is 1.